The molecule has 0 spiro atoms. The van der Waals surface area contributed by atoms with Crippen molar-refractivity contribution < 1.29 is 0 Å². The van der Waals surface area contributed by atoms with E-state index in [-0.39, 0.29) is 0 Å². The Kier molecular flexibility index (Phi) is 2.56. The zero-order valence-corrected chi connectivity index (χ0v) is 10.1. The molecule has 0 aliphatic carbocycles. The van der Waals surface area contributed by atoms with Crippen LogP contribution in [0.25, 0.3) is 17.3 Å². The van der Waals surface area contributed by atoms with E-state index >= 15 is 0 Å². The fourth-order valence-electron chi connectivity index (χ4n) is 1.32. The molecular weight excluding hydrogens is 260 g/mol. The van der Waals surface area contributed by atoms with E-state index in [0.717, 1.165) is 10.2 Å². The van der Waals surface area contributed by atoms with Crippen LogP contribution in [-0.2, 0) is 7.05 Å². The molecule has 2 aromatic rings. The Bertz CT molecular complexity index is 451. The minimum absolute atomic E-state index is 1.02. The Morgan fingerprint density at radius 2 is 2.43 bits per heavy atom. The smallest absolute Gasteiger partial charge is 0.0829 e. The van der Waals surface area contributed by atoms with Gasteiger partial charge in [0.2, 0.25) is 0 Å². The summed E-state index contributed by atoms with van der Waals surface area (Å²) >= 11 is 5.17. The monoisotopic (exact) mass is 268 g/mol. The van der Waals surface area contributed by atoms with E-state index in [0.29, 0.717) is 0 Å². The van der Waals surface area contributed by atoms with Crippen LogP contribution in [0, 0.1) is 0 Å². The molecule has 0 aromatic carbocycles. The van der Waals surface area contributed by atoms with Gasteiger partial charge in [-0.25, -0.2) is 0 Å². The van der Waals surface area contributed by atoms with Gasteiger partial charge in [-0.05, 0) is 22.0 Å². The molecule has 0 unspecified atom stereocenters. The number of hydrogen-bond donors (Lipinski definition) is 0. The first-order chi connectivity index (χ1) is 6.72. The van der Waals surface area contributed by atoms with Gasteiger partial charge in [-0.3, -0.25) is 4.68 Å². The molecule has 0 bridgehead atoms. The largest absolute Gasteiger partial charge is 0.267 e. The molecule has 14 heavy (non-hydrogen) atoms. The van der Waals surface area contributed by atoms with Crippen molar-refractivity contribution in [2.24, 2.45) is 7.05 Å². The van der Waals surface area contributed by atoms with E-state index in [1.807, 2.05) is 17.8 Å². The van der Waals surface area contributed by atoms with Crippen molar-refractivity contribution in [3.05, 3.63) is 33.6 Å². The van der Waals surface area contributed by atoms with Gasteiger partial charge in [0.25, 0.3) is 0 Å². The molecule has 4 heteroatoms. The van der Waals surface area contributed by atoms with Crippen LogP contribution in [0.3, 0.4) is 0 Å². The fourth-order valence-corrected chi connectivity index (χ4v) is 2.63. The molecule has 0 saturated heterocycles. The van der Waals surface area contributed by atoms with E-state index in [4.69, 9.17) is 0 Å². The van der Waals surface area contributed by atoms with Crippen LogP contribution in [0.15, 0.2) is 28.7 Å². The topological polar surface area (TPSA) is 17.8 Å². The van der Waals surface area contributed by atoms with Gasteiger partial charge in [0.1, 0.15) is 0 Å². The van der Waals surface area contributed by atoms with Crippen molar-refractivity contribution >= 4 is 33.3 Å². The molecular formula is C10H9BrN2S. The Labute approximate surface area is 95.0 Å². The Hall–Kier alpha value is -0.870. The number of aryl methyl sites for hydroxylation is 1. The Morgan fingerprint density at radius 1 is 1.64 bits per heavy atom. The highest BCUT2D eigenvalue weighted by molar-refractivity contribution is 9.10. The zero-order valence-electron chi connectivity index (χ0n) is 7.70. The second-order valence-corrected chi connectivity index (χ2v) is 4.70. The molecule has 0 N–H and O–H groups in total. The second kappa shape index (κ2) is 3.71. The van der Waals surface area contributed by atoms with Crippen molar-refractivity contribution in [2.45, 2.75) is 0 Å². The summed E-state index contributed by atoms with van der Waals surface area (Å²) in [7, 11) is 1.94. The molecule has 0 radical (unpaired) electrons. The lowest BCUT2D eigenvalue weighted by molar-refractivity contribution is 0.776. The Morgan fingerprint density at radius 3 is 2.93 bits per heavy atom. The summed E-state index contributed by atoms with van der Waals surface area (Å²) in [4.78, 5) is 1.17. The van der Waals surface area contributed by atoms with E-state index < -0.39 is 0 Å². The third-order valence-electron chi connectivity index (χ3n) is 1.99. The lowest BCUT2D eigenvalue weighted by Gasteiger charge is -1.98. The molecule has 2 rings (SSSR count). The van der Waals surface area contributed by atoms with Crippen LogP contribution in [-0.4, -0.2) is 9.78 Å². The van der Waals surface area contributed by atoms with E-state index in [2.05, 4.69) is 39.1 Å². The molecule has 72 valence electrons. The first-order valence-corrected chi connectivity index (χ1v) is 5.78. The van der Waals surface area contributed by atoms with Crippen LogP contribution in [0.5, 0.6) is 0 Å². The van der Waals surface area contributed by atoms with Crippen LogP contribution in [0.1, 0.15) is 4.88 Å². The van der Waals surface area contributed by atoms with Crippen molar-refractivity contribution in [1.29, 1.82) is 0 Å². The summed E-state index contributed by atoms with van der Waals surface area (Å²) in [5.74, 6) is 0. The Balaban J connectivity index is 2.53. The van der Waals surface area contributed by atoms with Gasteiger partial charge >= 0.3 is 0 Å². The third-order valence-corrected chi connectivity index (χ3v) is 3.50. The summed E-state index contributed by atoms with van der Waals surface area (Å²) in [6, 6.07) is 2.11. The highest BCUT2D eigenvalue weighted by atomic mass is 79.9. The third kappa shape index (κ3) is 1.55. The molecule has 0 amide bonds. The maximum Gasteiger partial charge on any atom is 0.0829 e. The molecule has 2 nitrogen and oxygen atoms in total. The normalized spacial score (nSPS) is 10.4. The minimum atomic E-state index is 1.02. The molecule has 0 fully saturated rings. The second-order valence-electron chi connectivity index (χ2n) is 2.91. The minimum Gasteiger partial charge on any atom is -0.267 e. The van der Waals surface area contributed by atoms with E-state index in [1.165, 1.54) is 10.4 Å². The van der Waals surface area contributed by atoms with Crippen LogP contribution in [0.2, 0.25) is 0 Å². The maximum atomic E-state index is 4.18. The first-order valence-electron chi connectivity index (χ1n) is 4.11. The highest BCUT2D eigenvalue weighted by Gasteiger charge is 2.09. The number of rotatable bonds is 2. The highest BCUT2D eigenvalue weighted by Crippen LogP contribution is 2.31. The van der Waals surface area contributed by atoms with Crippen molar-refractivity contribution in [3.8, 4) is 11.3 Å². The average molecular weight is 269 g/mol. The zero-order chi connectivity index (χ0) is 10.1. The molecule has 2 heterocycles. The first kappa shape index (κ1) is 9.68. The number of nitrogens with zero attached hydrogens (tertiary/aromatic N) is 2. The van der Waals surface area contributed by atoms with Crippen LogP contribution >= 0.6 is 27.3 Å². The average Bonchev–Trinajstić information content (AvgIpc) is 2.73. The van der Waals surface area contributed by atoms with Gasteiger partial charge in [-0.15, -0.1) is 11.3 Å². The molecule has 0 aliphatic rings. The standard InChI is InChI=1S/C10H9BrN2S/c1-3-8-4-7(6-14-8)10-9(11)5-12-13(10)2/h3-6H,1H2,2H3. The number of aromatic nitrogens is 2. The van der Waals surface area contributed by atoms with Gasteiger partial charge in [0.15, 0.2) is 0 Å². The predicted molar refractivity (Wildman–Crippen MR) is 64.3 cm³/mol. The van der Waals surface area contributed by atoms with E-state index in [1.54, 1.807) is 17.5 Å². The number of halogens is 1. The molecule has 0 saturated carbocycles. The van der Waals surface area contributed by atoms with Gasteiger partial charge < -0.3 is 0 Å². The summed E-state index contributed by atoms with van der Waals surface area (Å²) in [6.45, 7) is 3.75. The fraction of sp³-hybridized carbons (Fsp3) is 0.100. The number of thiophene rings is 1. The lowest BCUT2D eigenvalue weighted by atomic mass is 10.2. The van der Waals surface area contributed by atoms with Crippen molar-refractivity contribution in [3.63, 3.8) is 0 Å². The maximum absolute atomic E-state index is 4.18. The SMILES string of the molecule is C=Cc1cc(-c2c(Br)cnn2C)cs1. The van der Waals surface area contributed by atoms with Gasteiger partial charge in [-0.2, -0.15) is 5.10 Å². The summed E-state index contributed by atoms with van der Waals surface area (Å²) in [5, 5.41) is 6.29. The van der Waals surface area contributed by atoms with Crippen LogP contribution < -0.4 is 0 Å². The van der Waals surface area contributed by atoms with Gasteiger partial charge in [-0.1, -0.05) is 12.7 Å². The predicted octanol–water partition coefficient (Wildman–Crippen LogP) is 3.55. The summed E-state index contributed by atoms with van der Waals surface area (Å²) in [6.07, 6.45) is 3.67. The summed E-state index contributed by atoms with van der Waals surface area (Å²) < 4.78 is 2.88. The molecule has 0 atom stereocenters. The van der Waals surface area contributed by atoms with E-state index in [9.17, 15) is 0 Å². The van der Waals surface area contributed by atoms with Crippen molar-refractivity contribution in [1.82, 2.24) is 9.78 Å². The summed E-state index contributed by atoms with van der Waals surface area (Å²) in [5.41, 5.74) is 2.28. The van der Waals surface area contributed by atoms with Crippen molar-refractivity contribution in [2.75, 3.05) is 0 Å². The van der Waals surface area contributed by atoms with Gasteiger partial charge in [0.05, 0.1) is 16.4 Å². The number of hydrogen-bond acceptors (Lipinski definition) is 2. The lowest BCUT2D eigenvalue weighted by Crippen LogP contribution is -1.92. The molecule has 2 aromatic heterocycles. The van der Waals surface area contributed by atoms with Gasteiger partial charge in [0, 0.05) is 22.9 Å². The quantitative estimate of drug-likeness (QED) is 0.815. The molecule has 0 aliphatic heterocycles. The van der Waals surface area contributed by atoms with Crippen LogP contribution in [0.4, 0.5) is 0 Å².